The Bertz CT molecular complexity index is 1410. The Morgan fingerprint density at radius 2 is 1.57 bits per heavy atom. The van der Waals surface area contributed by atoms with E-state index >= 15 is 0 Å². The Morgan fingerprint density at radius 3 is 2.20 bits per heavy atom. The van der Waals surface area contributed by atoms with Crippen LogP contribution in [0.1, 0.15) is 56.6 Å². The van der Waals surface area contributed by atoms with Crippen molar-refractivity contribution in [3.63, 3.8) is 0 Å². The summed E-state index contributed by atoms with van der Waals surface area (Å²) in [6.45, 7) is 13.6. The summed E-state index contributed by atoms with van der Waals surface area (Å²) in [5.74, 6) is 1.70. The largest absolute Gasteiger partial charge is 0.417 e. The third kappa shape index (κ3) is 9.57. The lowest BCUT2D eigenvalue weighted by Crippen LogP contribution is -2.54. The first kappa shape index (κ1) is 37.2. The number of aromatic nitrogens is 1. The number of carbonyl (C=O) groups excluding carboxylic acids is 1. The number of carbonyl (C=O) groups is 1. The van der Waals surface area contributed by atoms with Crippen molar-refractivity contribution < 1.29 is 18.0 Å². The highest BCUT2D eigenvalue weighted by Crippen LogP contribution is 2.35. The summed E-state index contributed by atoms with van der Waals surface area (Å²) in [5.41, 5.74) is 0.168. The Balaban J connectivity index is 0.00000468. The summed E-state index contributed by atoms with van der Waals surface area (Å²) in [6.07, 6.45) is 3.23. The number of alkyl halides is 3. The van der Waals surface area contributed by atoms with Gasteiger partial charge in [0.2, 0.25) is 5.91 Å². The second-order valence-electron chi connectivity index (χ2n) is 14.2. The van der Waals surface area contributed by atoms with Crippen molar-refractivity contribution >= 4 is 35.5 Å². The van der Waals surface area contributed by atoms with Crippen LogP contribution in [0.2, 0.25) is 0 Å². The zero-order valence-corrected chi connectivity index (χ0v) is 29.2. The smallest absolute Gasteiger partial charge is 0.371 e. The minimum atomic E-state index is -4.60. The van der Waals surface area contributed by atoms with Gasteiger partial charge in [-0.1, -0.05) is 0 Å². The van der Waals surface area contributed by atoms with Gasteiger partial charge in [0, 0.05) is 76.5 Å². The summed E-state index contributed by atoms with van der Waals surface area (Å²) in [4.78, 5) is 27.2. The lowest BCUT2D eigenvalue weighted by molar-refractivity contribution is -0.137. The fourth-order valence-corrected chi connectivity index (χ4v) is 7.98. The molecule has 13 heteroatoms. The Kier molecular flexibility index (Phi) is 12.7. The fraction of sp³-hybridized carbons (Fsp3) is 0.639. The Hall–Kier alpha value is -3.11. The third-order valence-electron chi connectivity index (χ3n) is 11.0. The van der Waals surface area contributed by atoms with Crippen LogP contribution in [-0.2, 0) is 11.0 Å². The molecule has 9 nitrogen and oxygen atoms in total. The van der Waals surface area contributed by atoms with Gasteiger partial charge in [-0.15, -0.1) is 12.4 Å². The number of piperazine rings is 1. The number of halogens is 4. The molecule has 0 saturated carbocycles. The first-order valence-electron chi connectivity index (χ1n) is 17.7. The molecule has 0 spiro atoms. The molecule has 0 aliphatic carbocycles. The molecule has 2 aromatic rings. The minimum Gasteiger partial charge on any atom is -0.371 e. The highest BCUT2D eigenvalue weighted by atomic mass is 35.5. The van der Waals surface area contributed by atoms with Crippen molar-refractivity contribution in [1.82, 2.24) is 20.1 Å². The quantitative estimate of drug-likeness (QED) is 0.375. The average molecular weight is 703 g/mol. The minimum absolute atomic E-state index is 0. The lowest BCUT2D eigenvalue weighted by Gasteiger charge is -2.44. The molecule has 6 rings (SSSR count). The molecule has 49 heavy (non-hydrogen) atoms. The van der Waals surface area contributed by atoms with E-state index in [9.17, 15) is 18.0 Å². The molecule has 2 N–H and O–H groups in total. The molecule has 4 saturated heterocycles. The number of rotatable bonds is 8. The molecule has 268 valence electrons. The third-order valence-corrected chi connectivity index (χ3v) is 11.0. The van der Waals surface area contributed by atoms with E-state index in [4.69, 9.17) is 5.26 Å². The normalized spacial score (nSPS) is 22.4. The highest BCUT2D eigenvalue weighted by molar-refractivity contribution is 5.92. The number of piperidine rings is 3. The molecule has 1 amide bonds. The number of nitrogens with zero attached hydrogens (tertiary/aromatic N) is 6. The first-order chi connectivity index (χ1) is 23.2. The van der Waals surface area contributed by atoms with Crippen LogP contribution in [-0.4, -0.2) is 98.7 Å². The van der Waals surface area contributed by atoms with Gasteiger partial charge in [-0.25, -0.2) is 4.98 Å². The van der Waals surface area contributed by atoms with Crippen LogP contribution in [0.3, 0.4) is 0 Å². The second-order valence-corrected chi connectivity index (χ2v) is 14.2. The number of hydrogen-bond donors (Lipinski definition) is 2. The maximum Gasteiger partial charge on any atom is 0.417 e. The van der Waals surface area contributed by atoms with E-state index in [0.717, 1.165) is 30.8 Å². The zero-order valence-electron chi connectivity index (χ0n) is 28.4. The van der Waals surface area contributed by atoms with Crippen molar-refractivity contribution in [2.45, 2.75) is 57.7 Å². The van der Waals surface area contributed by atoms with Crippen LogP contribution in [0, 0.1) is 29.1 Å². The maximum absolute atomic E-state index is 13.4. The summed E-state index contributed by atoms with van der Waals surface area (Å²) in [6, 6.07) is 9.90. The van der Waals surface area contributed by atoms with Gasteiger partial charge in [0.15, 0.2) is 0 Å². The molecule has 5 heterocycles. The van der Waals surface area contributed by atoms with Gasteiger partial charge in [-0.05, 0) is 101 Å². The van der Waals surface area contributed by atoms with E-state index in [1.807, 2.05) is 23.2 Å². The number of anilines is 3. The molecule has 0 unspecified atom stereocenters. The zero-order chi connectivity index (χ0) is 33.7. The van der Waals surface area contributed by atoms with Crippen LogP contribution in [0.4, 0.5) is 30.4 Å². The van der Waals surface area contributed by atoms with E-state index in [2.05, 4.69) is 37.2 Å². The molecular weight excluding hydrogens is 653 g/mol. The van der Waals surface area contributed by atoms with Crippen molar-refractivity contribution in [2.75, 3.05) is 87.1 Å². The molecule has 4 aliphatic rings. The first-order valence-corrected chi connectivity index (χ1v) is 17.7. The Morgan fingerprint density at radius 1 is 0.918 bits per heavy atom. The topological polar surface area (TPSA) is 90.8 Å². The molecule has 4 fully saturated rings. The van der Waals surface area contributed by atoms with Crippen molar-refractivity contribution in [3.05, 3.63) is 47.7 Å². The average Bonchev–Trinajstić information content (AvgIpc) is 3.10. The van der Waals surface area contributed by atoms with Crippen molar-refractivity contribution in [2.24, 2.45) is 17.8 Å². The van der Waals surface area contributed by atoms with E-state index < -0.39 is 11.7 Å². The van der Waals surface area contributed by atoms with E-state index in [-0.39, 0.29) is 29.8 Å². The van der Waals surface area contributed by atoms with Gasteiger partial charge in [0.25, 0.3) is 0 Å². The van der Waals surface area contributed by atoms with Gasteiger partial charge < -0.3 is 25.3 Å². The summed E-state index contributed by atoms with van der Waals surface area (Å²) >= 11 is 0. The second kappa shape index (κ2) is 16.7. The van der Waals surface area contributed by atoms with Crippen LogP contribution in [0.15, 0.2) is 36.5 Å². The highest BCUT2D eigenvalue weighted by Gasteiger charge is 2.35. The van der Waals surface area contributed by atoms with E-state index in [1.54, 1.807) is 12.1 Å². The number of benzene rings is 1. The van der Waals surface area contributed by atoms with Gasteiger partial charge in [-0.2, -0.15) is 18.4 Å². The summed E-state index contributed by atoms with van der Waals surface area (Å²) in [7, 11) is 0. The number of hydrogen-bond acceptors (Lipinski definition) is 8. The standard InChI is InChI=1S/C36H49F3N8O.ClH/c1-26-23-44(24-27-6-12-41-13-7-27)18-19-47(26)25-28-8-14-46(15-9-28)32-4-5-34(42-22-32)43-35(48)29-10-16-45(17-11-29)31-3-2-30(21-40)33(20-31)36(37,38)39;/h2-5,20,22,26-29,41H,6-19,23-25H2,1H3,(H,42,43,48);1H/t26-;/m1./s1. The molecule has 4 aliphatic heterocycles. The molecule has 1 atom stereocenters. The summed E-state index contributed by atoms with van der Waals surface area (Å²) in [5, 5.41) is 15.5. The van der Waals surface area contributed by atoms with Crippen molar-refractivity contribution in [1.29, 1.82) is 5.26 Å². The predicted molar refractivity (Wildman–Crippen MR) is 189 cm³/mol. The van der Waals surface area contributed by atoms with Crippen LogP contribution in [0.5, 0.6) is 0 Å². The van der Waals surface area contributed by atoms with Crippen LogP contribution >= 0.6 is 12.4 Å². The van der Waals surface area contributed by atoms with Crippen molar-refractivity contribution in [3.8, 4) is 6.07 Å². The summed E-state index contributed by atoms with van der Waals surface area (Å²) < 4.78 is 40.3. The van der Waals surface area contributed by atoms with Gasteiger partial charge in [-0.3, -0.25) is 9.69 Å². The number of nitrogens with one attached hydrogen (secondary N) is 2. The van der Waals surface area contributed by atoms with Gasteiger partial charge >= 0.3 is 6.18 Å². The fourth-order valence-electron chi connectivity index (χ4n) is 7.98. The van der Waals surface area contributed by atoms with Crippen LogP contribution in [0.25, 0.3) is 0 Å². The van der Waals surface area contributed by atoms with Crippen LogP contribution < -0.4 is 20.4 Å². The molecule has 1 aromatic carbocycles. The van der Waals surface area contributed by atoms with E-state index in [1.165, 1.54) is 77.6 Å². The lowest BCUT2D eigenvalue weighted by atomic mass is 9.94. The van der Waals surface area contributed by atoms with Gasteiger partial charge in [0.1, 0.15) is 5.82 Å². The number of pyridine rings is 1. The Labute approximate surface area is 294 Å². The molecular formula is C36H50ClF3N8O. The number of amides is 1. The van der Waals surface area contributed by atoms with Gasteiger partial charge in [0.05, 0.1) is 29.1 Å². The SMILES string of the molecule is C[C@@H]1CN(CC2CCNCC2)CCN1CC1CCN(c2ccc(NC(=O)C3CCN(c4ccc(C#N)c(C(F)(F)F)c4)CC3)nc2)CC1.Cl. The maximum atomic E-state index is 13.4. The van der Waals surface area contributed by atoms with E-state index in [0.29, 0.717) is 49.4 Å². The molecule has 1 aromatic heterocycles. The molecule has 0 bridgehead atoms. The monoisotopic (exact) mass is 702 g/mol. The predicted octanol–water partition coefficient (Wildman–Crippen LogP) is 5.47. The number of nitriles is 1. The molecule has 0 radical (unpaired) electrons.